The number of aliphatic hydroxyl groups excluding tert-OH is 1. The highest BCUT2D eigenvalue weighted by Gasteiger charge is 2.31. The fourth-order valence-corrected chi connectivity index (χ4v) is 3.61. The number of hydrogen-bond donors (Lipinski definition) is 2. The largest absolute Gasteiger partial charge is 0.511 e. The monoisotopic (exact) mass is 382 g/mol. The van der Waals surface area contributed by atoms with Gasteiger partial charge in [0.1, 0.15) is 5.76 Å². The van der Waals surface area contributed by atoms with E-state index in [2.05, 4.69) is 5.32 Å². The van der Waals surface area contributed by atoms with Crippen LogP contribution in [0.4, 0.5) is 11.4 Å². The lowest BCUT2D eigenvalue weighted by atomic mass is 9.82. The highest BCUT2D eigenvalue weighted by Crippen LogP contribution is 2.35. The Bertz CT molecular complexity index is 1040. The van der Waals surface area contributed by atoms with Gasteiger partial charge in [-0.1, -0.05) is 66.7 Å². The van der Waals surface area contributed by atoms with Gasteiger partial charge < -0.3 is 10.4 Å². The van der Waals surface area contributed by atoms with E-state index in [0.29, 0.717) is 24.2 Å². The van der Waals surface area contributed by atoms with Crippen molar-refractivity contribution in [3.63, 3.8) is 0 Å². The first-order valence-electron chi connectivity index (χ1n) is 9.67. The molecule has 144 valence electrons. The second kappa shape index (κ2) is 8.57. The van der Waals surface area contributed by atoms with E-state index in [-0.39, 0.29) is 23.2 Å². The number of amides is 1. The SMILES string of the molecule is O=C(Nc1ccccc1)C1=C(O)CC(c2ccccc2)CC1=Nc1ccccc1. The molecule has 0 spiro atoms. The number of allylic oxidation sites excluding steroid dienone is 1. The van der Waals surface area contributed by atoms with Gasteiger partial charge in [-0.25, -0.2) is 0 Å². The zero-order valence-electron chi connectivity index (χ0n) is 16.0. The minimum Gasteiger partial charge on any atom is -0.511 e. The Kier molecular flexibility index (Phi) is 5.52. The van der Waals surface area contributed by atoms with Crippen LogP contribution in [0.1, 0.15) is 24.3 Å². The number of rotatable bonds is 4. The minimum absolute atomic E-state index is 0.0759. The molecular formula is C25H22N2O2. The highest BCUT2D eigenvalue weighted by atomic mass is 16.3. The van der Waals surface area contributed by atoms with Crippen LogP contribution in [0, 0.1) is 0 Å². The summed E-state index contributed by atoms with van der Waals surface area (Å²) in [4.78, 5) is 17.7. The van der Waals surface area contributed by atoms with Crippen molar-refractivity contribution >= 4 is 23.0 Å². The third kappa shape index (κ3) is 4.43. The Morgan fingerprint density at radius 1 is 0.828 bits per heavy atom. The first-order chi connectivity index (χ1) is 14.2. The van der Waals surface area contributed by atoms with Gasteiger partial charge in [-0.2, -0.15) is 0 Å². The molecule has 0 aliphatic heterocycles. The van der Waals surface area contributed by atoms with Crippen molar-refractivity contribution in [2.24, 2.45) is 4.99 Å². The van der Waals surface area contributed by atoms with Crippen molar-refractivity contribution in [2.45, 2.75) is 18.8 Å². The zero-order chi connectivity index (χ0) is 20.1. The summed E-state index contributed by atoms with van der Waals surface area (Å²) in [6.45, 7) is 0. The summed E-state index contributed by atoms with van der Waals surface area (Å²) in [7, 11) is 0. The average molecular weight is 382 g/mol. The normalized spacial score (nSPS) is 17.9. The number of nitrogens with zero attached hydrogens (tertiary/aromatic N) is 1. The fourth-order valence-electron chi connectivity index (χ4n) is 3.61. The van der Waals surface area contributed by atoms with Gasteiger partial charge >= 0.3 is 0 Å². The van der Waals surface area contributed by atoms with E-state index in [1.165, 1.54) is 0 Å². The average Bonchev–Trinajstić information content (AvgIpc) is 2.75. The molecule has 1 atom stereocenters. The summed E-state index contributed by atoms with van der Waals surface area (Å²) in [5.41, 5.74) is 3.44. The molecule has 3 aromatic rings. The molecule has 0 heterocycles. The van der Waals surface area contributed by atoms with E-state index in [0.717, 1.165) is 11.3 Å². The lowest BCUT2D eigenvalue weighted by Crippen LogP contribution is -2.27. The molecule has 0 radical (unpaired) electrons. The number of para-hydroxylation sites is 2. The third-order valence-corrected chi connectivity index (χ3v) is 5.01. The standard InChI is InChI=1S/C25H22N2O2/c28-23-17-19(18-10-4-1-5-11-18)16-22(26-20-12-6-2-7-13-20)24(23)25(29)27-21-14-8-3-9-15-21/h1-15,19,28H,16-17H2,(H,27,29). The molecule has 1 aliphatic carbocycles. The van der Waals surface area contributed by atoms with Gasteiger partial charge in [0.05, 0.1) is 17.0 Å². The first kappa shape index (κ1) is 18.7. The molecule has 2 N–H and O–H groups in total. The Morgan fingerprint density at radius 3 is 2.07 bits per heavy atom. The van der Waals surface area contributed by atoms with Gasteiger partial charge in [0.25, 0.3) is 5.91 Å². The second-order valence-corrected chi connectivity index (χ2v) is 7.05. The van der Waals surface area contributed by atoms with Crippen LogP contribution < -0.4 is 5.32 Å². The quantitative estimate of drug-likeness (QED) is 0.600. The molecular weight excluding hydrogens is 360 g/mol. The number of hydrogen-bond acceptors (Lipinski definition) is 3. The van der Waals surface area contributed by atoms with Crippen LogP contribution in [0.3, 0.4) is 0 Å². The van der Waals surface area contributed by atoms with Crippen LogP contribution in [0.5, 0.6) is 0 Å². The lowest BCUT2D eigenvalue weighted by Gasteiger charge is -2.26. The van der Waals surface area contributed by atoms with Crippen molar-refractivity contribution in [1.82, 2.24) is 0 Å². The number of benzene rings is 3. The maximum absolute atomic E-state index is 13.0. The van der Waals surface area contributed by atoms with Gasteiger partial charge in [0.2, 0.25) is 0 Å². The van der Waals surface area contributed by atoms with Crippen LogP contribution >= 0.6 is 0 Å². The summed E-state index contributed by atoms with van der Waals surface area (Å²) in [6, 6.07) is 28.8. The van der Waals surface area contributed by atoms with Crippen LogP contribution in [-0.4, -0.2) is 16.7 Å². The van der Waals surface area contributed by atoms with Crippen LogP contribution in [0.15, 0.2) is 107 Å². The van der Waals surface area contributed by atoms with E-state index in [4.69, 9.17) is 4.99 Å². The molecule has 1 aliphatic rings. The number of carbonyl (C=O) groups excluding carboxylic acids is 1. The van der Waals surface area contributed by atoms with Crippen molar-refractivity contribution in [3.8, 4) is 0 Å². The smallest absolute Gasteiger partial charge is 0.260 e. The molecule has 3 aromatic carbocycles. The summed E-state index contributed by atoms with van der Waals surface area (Å²) in [5.74, 6) is -0.185. The molecule has 4 heteroatoms. The van der Waals surface area contributed by atoms with Crippen molar-refractivity contribution < 1.29 is 9.90 Å². The minimum atomic E-state index is -0.338. The van der Waals surface area contributed by atoms with Gasteiger partial charge in [-0.05, 0) is 42.2 Å². The van der Waals surface area contributed by atoms with Crippen LogP contribution in [0.25, 0.3) is 0 Å². The molecule has 0 saturated heterocycles. The number of aliphatic imine (C=N–C) groups is 1. The van der Waals surface area contributed by atoms with E-state index < -0.39 is 0 Å². The maximum atomic E-state index is 13.0. The number of anilines is 1. The van der Waals surface area contributed by atoms with E-state index in [9.17, 15) is 9.90 Å². The molecule has 4 rings (SSSR count). The number of aliphatic hydroxyl groups is 1. The van der Waals surface area contributed by atoms with Crippen LogP contribution in [0.2, 0.25) is 0 Å². The summed E-state index contributed by atoms with van der Waals surface area (Å²) in [6.07, 6.45) is 0.996. The third-order valence-electron chi connectivity index (χ3n) is 5.01. The van der Waals surface area contributed by atoms with E-state index in [1.54, 1.807) is 0 Å². The molecule has 0 bridgehead atoms. The van der Waals surface area contributed by atoms with Gasteiger partial charge in [0.15, 0.2) is 0 Å². The Balaban J connectivity index is 1.71. The Hall–Kier alpha value is -3.66. The molecule has 0 saturated carbocycles. The first-order valence-corrected chi connectivity index (χ1v) is 9.67. The van der Waals surface area contributed by atoms with Gasteiger partial charge in [-0.15, -0.1) is 0 Å². The number of carbonyl (C=O) groups is 1. The molecule has 0 fully saturated rings. The predicted octanol–water partition coefficient (Wildman–Crippen LogP) is 5.79. The molecule has 29 heavy (non-hydrogen) atoms. The topological polar surface area (TPSA) is 61.7 Å². The predicted molar refractivity (Wildman–Crippen MR) is 117 cm³/mol. The summed E-state index contributed by atoms with van der Waals surface area (Å²) in [5, 5.41) is 13.7. The van der Waals surface area contributed by atoms with E-state index >= 15 is 0 Å². The summed E-state index contributed by atoms with van der Waals surface area (Å²) < 4.78 is 0. The van der Waals surface area contributed by atoms with Crippen LogP contribution in [-0.2, 0) is 4.79 Å². The maximum Gasteiger partial charge on any atom is 0.260 e. The van der Waals surface area contributed by atoms with Crippen molar-refractivity contribution in [3.05, 3.63) is 108 Å². The highest BCUT2D eigenvalue weighted by molar-refractivity contribution is 6.26. The molecule has 1 unspecified atom stereocenters. The number of nitrogens with one attached hydrogen (secondary N) is 1. The van der Waals surface area contributed by atoms with E-state index in [1.807, 2.05) is 91.0 Å². The van der Waals surface area contributed by atoms with Gasteiger partial charge in [0, 0.05) is 12.1 Å². The summed E-state index contributed by atoms with van der Waals surface area (Å²) >= 11 is 0. The van der Waals surface area contributed by atoms with Gasteiger partial charge in [-0.3, -0.25) is 9.79 Å². The zero-order valence-corrected chi connectivity index (χ0v) is 16.0. The fraction of sp³-hybridized carbons (Fsp3) is 0.120. The molecule has 1 amide bonds. The van der Waals surface area contributed by atoms with Crippen molar-refractivity contribution in [1.29, 1.82) is 0 Å². The Labute approximate surface area is 170 Å². The Morgan fingerprint density at radius 2 is 1.41 bits per heavy atom. The molecule has 4 nitrogen and oxygen atoms in total. The lowest BCUT2D eigenvalue weighted by molar-refractivity contribution is -0.112. The molecule has 0 aromatic heterocycles. The second-order valence-electron chi connectivity index (χ2n) is 7.05. The van der Waals surface area contributed by atoms with Crippen molar-refractivity contribution in [2.75, 3.05) is 5.32 Å².